The van der Waals surface area contributed by atoms with Crippen LogP contribution in [0.2, 0.25) is 0 Å². The number of ether oxygens (including phenoxy) is 2. The highest BCUT2D eigenvalue weighted by Gasteiger charge is 2.16. The third-order valence-corrected chi connectivity index (χ3v) is 10.0. The van der Waals surface area contributed by atoms with Crippen LogP contribution < -0.4 is 9.60 Å². The third-order valence-electron chi connectivity index (χ3n) is 7.77. The zero-order valence-electron chi connectivity index (χ0n) is 25.2. The fraction of sp³-hybridized carbons (Fsp3) is 0.171. The molecule has 0 saturated carbocycles. The molecule has 0 fully saturated rings. The van der Waals surface area contributed by atoms with Crippen LogP contribution in [0.15, 0.2) is 101 Å². The van der Waals surface area contributed by atoms with Crippen molar-refractivity contribution in [3.8, 4) is 0 Å². The average Bonchev–Trinajstić information content (AvgIpc) is 3.63. The van der Waals surface area contributed by atoms with Crippen molar-refractivity contribution in [2.24, 2.45) is 9.98 Å². The second-order valence-electron chi connectivity index (χ2n) is 10.6. The molecule has 7 aromatic rings. The summed E-state index contributed by atoms with van der Waals surface area (Å²) in [6, 6.07) is 29.3. The number of methoxy groups -OCH3 is 2. The first-order valence-electron chi connectivity index (χ1n) is 14.7. The van der Waals surface area contributed by atoms with Gasteiger partial charge in [-0.2, -0.15) is 9.98 Å². The number of rotatable bonds is 8. The zero-order chi connectivity index (χ0) is 31.6. The molecule has 0 aliphatic carbocycles. The molecule has 11 heteroatoms. The summed E-state index contributed by atoms with van der Waals surface area (Å²) in [6.07, 6.45) is 0. The maximum Gasteiger partial charge on any atom is 0.298 e. The molecule has 7 rings (SSSR count). The van der Waals surface area contributed by atoms with Gasteiger partial charge in [0.25, 0.3) is 11.8 Å². The van der Waals surface area contributed by atoms with Gasteiger partial charge in [0, 0.05) is 38.1 Å². The summed E-state index contributed by atoms with van der Waals surface area (Å²) in [5.41, 5.74) is 2.08. The molecule has 0 aliphatic rings. The van der Waals surface area contributed by atoms with E-state index in [-0.39, 0.29) is 11.4 Å². The van der Waals surface area contributed by atoms with E-state index >= 15 is 0 Å². The van der Waals surface area contributed by atoms with Gasteiger partial charge in [-0.25, -0.2) is 4.98 Å². The molecule has 3 aromatic heterocycles. The van der Waals surface area contributed by atoms with Crippen molar-refractivity contribution < 1.29 is 19.1 Å². The van der Waals surface area contributed by atoms with E-state index in [2.05, 4.69) is 51.4 Å². The quantitative estimate of drug-likeness (QED) is 0.196. The van der Waals surface area contributed by atoms with Crippen molar-refractivity contribution in [3.05, 3.63) is 112 Å². The summed E-state index contributed by atoms with van der Waals surface area (Å²) < 4.78 is 16.7. The minimum atomic E-state index is -0.542. The smallest absolute Gasteiger partial charge is 0.298 e. The lowest BCUT2D eigenvalue weighted by Gasteiger charge is -2.05. The number of fused-ring (bicyclic) bond motifs is 6. The van der Waals surface area contributed by atoms with Crippen LogP contribution in [0.25, 0.3) is 42.0 Å². The Balaban J connectivity index is 1.28. The van der Waals surface area contributed by atoms with Crippen LogP contribution in [0.3, 0.4) is 0 Å². The highest BCUT2D eigenvalue weighted by molar-refractivity contribution is 7.17. The van der Waals surface area contributed by atoms with E-state index in [4.69, 9.17) is 9.47 Å². The molecule has 0 bridgehead atoms. The maximum atomic E-state index is 13.5. The van der Waals surface area contributed by atoms with E-state index in [0.29, 0.717) is 35.9 Å². The van der Waals surface area contributed by atoms with E-state index in [0.717, 1.165) is 42.0 Å². The van der Waals surface area contributed by atoms with E-state index in [9.17, 15) is 9.59 Å². The Morgan fingerprint density at radius 2 is 1.09 bits per heavy atom. The minimum Gasteiger partial charge on any atom is -0.383 e. The van der Waals surface area contributed by atoms with Gasteiger partial charge in [-0.05, 0) is 35.0 Å². The Bertz CT molecular complexity index is 2250. The number of pyridine rings is 1. The molecule has 9 nitrogen and oxygen atoms in total. The van der Waals surface area contributed by atoms with Crippen molar-refractivity contribution in [2.45, 2.75) is 13.1 Å². The van der Waals surface area contributed by atoms with E-state index in [1.54, 1.807) is 32.4 Å². The van der Waals surface area contributed by atoms with Crippen molar-refractivity contribution >= 4 is 76.5 Å². The molecule has 46 heavy (non-hydrogen) atoms. The topological polar surface area (TPSA) is 100 Å². The van der Waals surface area contributed by atoms with Crippen LogP contribution in [-0.4, -0.2) is 53.4 Å². The summed E-state index contributed by atoms with van der Waals surface area (Å²) in [6.45, 7) is 1.97. The van der Waals surface area contributed by atoms with E-state index in [1.165, 1.54) is 22.7 Å². The molecule has 0 radical (unpaired) electrons. The van der Waals surface area contributed by atoms with Crippen LogP contribution in [0.4, 0.5) is 0 Å². The Hall–Kier alpha value is -4.81. The minimum absolute atomic E-state index is 0.0660. The van der Waals surface area contributed by atoms with Crippen molar-refractivity contribution in [1.29, 1.82) is 0 Å². The average molecular weight is 648 g/mol. The van der Waals surface area contributed by atoms with Crippen molar-refractivity contribution in [3.63, 3.8) is 0 Å². The van der Waals surface area contributed by atoms with Gasteiger partial charge in [0.2, 0.25) is 0 Å². The molecule has 230 valence electrons. The maximum absolute atomic E-state index is 13.5. The van der Waals surface area contributed by atoms with Gasteiger partial charge in [-0.1, -0.05) is 89.4 Å². The molecule has 0 atom stereocenters. The number of carbonyl (C=O) groups excluding carboxylic acids is 2. The SMILES string of the molecule is COCCn1c(=NC(=O)c2cccc(C(=O)N=c3sc4c5ccccc5ccc4n3CCOC)n2)sc2c3ccccc3ccc21. The first-order chi connectivity index (χ1) is 22.6. The first kappa shape index (κ1) is 29.9. The van der Waals surface area contributed by atoms with Crippen LogP contribution in [0.1, 0.15) is 21.0 Å². The predicted molar refractivity (Wildman–Crippen MR) is 182 cm³/mol. The number of aromatic nitrogens is 3. The number of thiazole rings is 2. The predicted octanol–water partition coefficient (Wildman–Crippen LogP) is 6.20. The fourth-order valence-electron chi connectivity index (χ4n) is 5.53. The normalized spacial score (nSPS) is 12.7. The van der Waals surface area contributed by atoms with Crippen LogP contribution in [0, 0.1) is 0 Å². The van der Waals surface area contributed by atoms with Gasteiger partial charge < -0.3 is 18.6 Å². The molecule has 0 N–H and O–H groups in total. The lowest BCUT2D eigenvalue weighted by molar-refractivity contribution is 0.0989. The zero-order valence-corrected chi connectivity index (χ0v) is 26.8. The summed E-state index contributed by atoms with van der Waals surface area (Å²) in [4.78, 5) is 41.5. The Morgan fingerprint density at radius 1 is 0.630 bits per heavy atom. The van der Waals surface area contributed by atoms with Gasteiger partial charge in [-0.15, -0.1) is 0 Å². The molecule has 0 unspecified atom stereocenters. The van der Waals surface area contributed by atoms with Gasteiger partial charge in [-0.3, -0.25) is 9.59 Å². The summed E-state index contributed by atoms with van der Waals surface area (Å²) in [7, 11) is 3.29. The lowest BCUT2D eigenvalue weighted by atomic mass is 10.1. The molecule has 0 saturated heterocycles. The van der Waals surface area contributed by atoms with Gasteiger partial charge in [0.15, 0.2) is 9.60 Å². The van der Waals surface area contributed by atoms with Crippen LogP contribution in [0.5, 0.6) is 0 Å². The molecule has 0 spiro atoms. The van der Waals surface area contributed by atoms with Gasteiger partial charge >= 0.3 is 0 Å². The first-order valence-corrected chi connectivity index (χ1v) is 16.3. The standard InChI is InChI=1S/C35H29N5O4S2/c1-43-20-18-39-28-16-14-22-8-3-5-10-24(22)30(28)45-34(39)37-32(41)26-12-7-13-27(36-26)33(42)38-35-40(19-21-44-2)29-17-15-23-9-4-6-11-25(23)31(29)46-35/h3-17H,18-21H2,1-2H3. The highest BCUT2D eigenvalue weighted by Crippen LogP contribution is 2.29. The number of hydrogen-bond acceptors (Lipinski definition) is 7. The second-order valence-corrected chi connectivity index (χ2v) is 12.5. The summed E-state index contributed by atoms with van der Waals surface area (Å²) in [5.74, 6) is -1.08. The second kappa shape index (κ2) is 12.9. The summed E-state index contributed by atoms with van der Waals surface area (Å²) >= 11 is 2.89. The van der Waals surface area contributed by atoms with E-state index in [1.807, 2.05) is 45.5 Å². The summed E-state index contributed by atoms with van der Waals surface area (Å²) in [5, 5.41) is 4.41. The molecule has 2 amide bonds. The number of hydrogen-bond donors (Lipinski definition) is 0. The number of amides is 2. The Kier molecular flexibility index (Phi) is 8.37. The largest absolute Gasteiger partial charge is 0.383 e. The van der Waals surface area contributed by atoms with E-state index < -0.39 is 11.8 Å². The third kappa shape index (κ3) is 5.58. The Morgan fingerprint density at radius 3 is 1.54 bits per heavy atom. The number of nitrogens with zero attached hydrogens (tertiary/aromatic N) is 5. The number of carbonyl (C=O) groups is 2. The number of benzene rings is 4. The monoisotopic (exact) mass is 647 g/mol. The Labute approximate surface area is 271 Å². The highest BCUT2D eigenvalue weighted by atomic mass is 32.1. The van der Waals surface area contributed by atoms with Gasteiger partial charge in [0.1, 0.15) is 11.4 Å². The molecule has 3 heterocycles. The van der Waals surface area contributed by atoms with Gasteiger partial charge in [0.05, 0.1) is 33.6 Å². The molecule has 4 aromatic carbocycles. The fourth-order valence-corrected chi connectivity index (χ4v) is 7.91. The van der Waals surface area contributed by atoms with Crippen LogP contribution >= 0.6 is 22.7 Å². The van der Waals surface area contributed by atoms with Crippen LogP contribution in [-0.2, 0) is 22.6 Å². The molecule has 0 aliphatic heterocycles. The molecular weight excluding hydrogens is 619 g/mol. The lowest BCUT2D eigenvalue weighted by Crippen LogP contribution is -2.20. The van der Waals surface area contributed by atoms with Crippen molar-refractivity contribution in [2.75, 3.05) is 27.4 Å². The molecular formula is C35H29N5O4S2. The van der Waals surface area contributed by atoms with Crippen molar-refractivity contribution in [1.82, 2.24) is 14.1 Å².